The fourth-order valence-corrected chi connectivity index (χ4v) is 3.54. The Kier molecular flexibility index (Phi) is 6.12. The van der Waals surface area contributed by atoms with Crippen molar-refractivity contribution in [2.45, 2.75) is 39.5 Å². The predicted molar refractivity (Wildman–Crippen MR) is 104 cm³/mol. The molecule has 4 heteroatoms. The zero-order chi connectivity index (χ0) is 17.7. The molecule has 0 amide bonds. The van der Waals surface area contributed by atoms with Crippen LogP contribution in [0, 0.1) is 0 Å². The van der Waals surface area contributed by atoms with Crippen LogP contribution in [0.5, 0.6) is 11.5 Å². The highest BCUT2D eigenvalue weighted by molar-refractivity contribution is 7.56. The molecule has 0 atom stereocenters. The summed E-state index contributed by atoms with van der Waals surface area (Å²) in [5.41, 5.74) is 2.59. The van der Waals surface area contributed by atoms with Gasteiger partial charge in [-0.2, -0.15) is 0 Å². The van der Waals surface area contributed by atoms with Crippen LogP contribution in [0.25, 0.3) is 0 Å². The quantitative estimate of drug-likeness (QED) is 0.547. The molecule has 24 heavy (non-hydrogen) atoms. The summed E-state index contributed by atoms with van der Waals surface area (Å²) in [5, 5.41) is 0. The smallest absolute Gasteiger partial charge is 0.310 e. The SMILES string of the molecule is CN=P(C)(Oc1ccc(C(C)C)cc1)Oc1ccc(C(C)C)cc1. The number of hydrogen-bond donors (Lipinski definition) is 0. The van der Waals surface area contributed by atoms with Crippen LogP contribution in [0.3, 0.4) is 0 Å². The summed E-state index contributed by atoms with van der Waals surface area (Å²) in [7, 11) is -0.598. The third-order valence-electron chi connectivity index (χ3n) is 4.01. The van der Waals surface area contributed by atoms with E-state index in [1.807, 2.05) is 30.9 Å². The van der Waals surface area contributed by atoms with Gasteiger partial charge in [0, 0.05) is 13.7 Å². The normalized spacial score (nSPS) is 11.7. The average Bonchev–Trinajstić information content (AvgIpc) is 2.55. The van der Waals surface area contributed by atoms with Gasteiger partial charge in [-0.3, -0.25) is 0 Å². The summed E-state index contributed by atoms with van der Waals surface area (Å²) < 4.78 is 16.6. The lowest BCUT2D eigenvalue weighted by molar-refractivity contribution is 0.480. The van der Waals surface area contributed by atoms with Crippen LogP contribution < -0.4 is 9.05 Å². The van der Waals surface area contributed by atoms with Crippen LogP contribution in [-0.4, -0.2) is 13.7 Å². The Morgan fingerprint density at radius 3 is 1.29 bits per heavy atom. The monoisotopic (exact) mass is 345 g/mol. The molecular weight excluding hydrogens is 317 g/mol. The Morgan fingerprint density at radius 2 is 1.04 bits per heavy atom. The van der Waals surface area contributed by atoms with E-state index in [2.05, 4.69) is 56.7 Å². The lowest BCUT2D eigenvalue weighted by atomic mass is 10.0. The van der Waals surface area contributed by atoms with E-state index in [0.717, 1.165) is 11.5 Å². The van der Waals surface area contributed by atoms with Gasteiger partial charge < -0.3 is 9.05 Å². The lowest BCUT2D eigenvalue weighted by Gasteiger charge is -2.22. The maximum atomic E-state index is 6.09. The number of nitrogens with zero attached hydrogens (tertiary/aromatic N) is 1. The van der Waals surface area contributed by atoms with Crippen molar-refractivity contribution in [2.24, 2.45) is 4.74 Å². The summed E-state index contributed by atoms with van der Waals surface area (Å²) in [6.45, 7) is 10.6. The molecule has 0 aromatic heterocycles. The van der Waals surface area contributed by atoms with E-state index >= 15 is 0 Å². The van der Waals surface area contributed by atoms with Crippen LogP contribution in [0.2, 0.25) is 0 Å². The molecule has 0 unspecified atom stereocenters. The molecule has 3 nitrogen and oxygen atoms in total. The van der Waals surface area contributed by atoms with Crippen molar-refractivity contribution in [3.05, 3.63) is 59.7 Å². The fourth-order valence-electron chi connectivity index (χ4n) is 2.32. The standard InChI is InChI=1S/C20H28NO2P/c1-15(2)17-7-11-19(12-8-17)22-24(6,21-5)23-20-13-9-18(10-14-20)16(3)4/h7-16H,1-6H3. The largest absolute Gasteiger partial charge is 0.430 e. The van der Waals surface area contributed by atoms with E-state index in [1.165, 1.54) is 11.1 Å². The Morgan fingerprint density at radius 1 is 0.708 bits per heavy atom. The first-order chi connectivity index (χ1) is 11.3. The molecule has 0 aliphatic rings. The second-order valence-electron chi connectivity index (χ2n) is 6.63. The van der Waals surface area contributed by atoms with Gasteiger partial charge in [-0.15, -0.1) is 0 Å². The summed E-state index contributed by atoms with van der Waals surface area (Å²) in [6.07, 6.45) is 0. The van der Waals surface area contributed by atoms with Crippen LogP contribution in [0.1, 0.15) is 50.7 Å². The molecular formula is C20H28NO2P. The van der Waals surface area contributed by atoms with E-state index in [9.17, 15) is 0 Å². The van der Waals surface area contributed by atoms with E-state index in [-0.39, 0.29) is 0 Å². The third-order valence-corrected chi connectivity index (χ3v) is 5.83. The number of hydrogen-bond acceptors (Lipinski definition) is 3. The third kappa shape index (κ3) is 4.88. The molecule has 2 rings (SSSR count). The molecule has 0 aliphatic heterocycles. The van der Waals surface area contributed by atoms with E-state index in [1.54, 1.807) is 7.05 Å². The fraction of sp³-hybridized carbons (Fsp3) is 0.400. The zero-order valence-electron chi connectivity index (χ0n) is 15.5. The summed E-state index contributed by atoms with van der Waals surface area (Å²) in [5.74, 6) is 2.60. The minimum Gasteiger partial charge on any atom is -0.430 e. The molecule has 0 saturated carbocycles. The van der Waals surface area contributed by atoms with Crippen molar-refractivity contribution in [3.63, 3.8) is 0 Å². The highest BCUT2D eigenvalue weighted by atomic mass is 31.2. The summed E-state index contributed by atoms with van der Waals surface area (Å²) in [6, 6.07) is 16.3. The predicted octanol–water partition coefficient (Wildman–Crippen LogP) is 6.68. The molecule has 0 bridgehead atoms. The molecule has 0 fully saturated rings. The van der Waals surface area contributed by atoms with Crippen LogP contribution in [-0.2, 0) is 0 Å². The van der Waals surface area contributed by atoms with Crippen molar-refractivity contribution >= 4 is 7.51 Å². The van der Waals surface area contributed by atoms with Gasteiger partial charge in [-0.1, -0.05) is 52.0 Å². The lowest BCUT2D eigenvalue weighted by Crippen LogP contribution is -2.00. The maximum absolute atomic E-state index is 6.09. The van der Waals surface area contributed by atoms with Crippen molar-refractivity contribution < 1.29 is 9.05 Å². The second-order valence-corrected chi connectivity index (χ2v) is 9.00. The first-order valence-corrected chi connectivity index (χ1v) is 10.4. The highest BCUT2D eigenvalue weighted by Crippen LogP contribution is 2.48. The van der Waals surface area contributed by atoms with Crippen molar-refractivity contribution in [1.82, 2.24) is 0 Å². The van der Waals surface area contributed by atoms with Crippen LogP contribution in [0.15, 0.2) is 53.3 Å². The molecule has 2 aromatic rings. The van der Waals surface area contributed by atoms with Crippen LogP contribution in [0.4, 0.5) is 0 Å². The summed E-state index contributed by atoms with van der Waals surface area (Å²) in [4.78, 5) is 0. The van der Waals surface area contributed by atoms with Gasteiger partial charge in [0.05, 0.1) is 0 Å². The second kappa shape index (κ2) is 7.90. The Balaban J connectivity index is 2.13. The van der Waals surface area contributed by atoms with Gasteiger partial charge >= 0.3 is 7.51 Å². The molecule has 0 N–H and O–H groups in total. The van der Waals surface area contributed by atoms with Crippen LogP contribution >= 0.6 is 7.51 Å². The highest BCUT2D eigenvalue weighted by Gasteiger charge is 2.17. The minimum absolute atomic E-state index is 0.506. The first-order valence-electron chi connectivity index (χ1n) is 8.40. The van der Waals surface area contributed by atoms with Gasteiger partial charge in [0.25, 0.3) is 0 Å². The van der Waals surface area contributed by atoms with Crippen molar-refractivity contribution in [1.29, 1.82) is 0 Å². The maximum Gasteiger partial charge on any atom is 0.310 e. The van der Waals surface area contributed by atoms with E-state index in [4.69, 9.17) is 9.05 Å². The minimum atomic E-state index is -2.35. The molecule has 0 heterocycles. The van der Waals surface area contributed by atoms with Gasteiger partial charge in [-0.05, 0) is 47.2 Å². The summed E-state index contributed by atoms with van der Waals surface area (Å²) >= 11 is 0. The van der Waals surface area contributed by atoms with Crippen molar-refractivity contribution in [3.8, 4) is 11.5 Å². The molecule has 0 aliphatic carbocycles. The van der Waals surface area contributed by atoms with E-state index in [0.29, 0.717) is 11.8 Å². The molecule has 0 radical (unpaired) electrons. The molecule has 0 saturated heterocycles. The topological polar surface area (TPSA) is 30.8 Å². The van der Waals surface area contributed by atoms with Gasteiger partial charge in [-0.25, -0.2) is 4.74 Å². The van der Waals surface area contributed by atoms with Gasteiger partial charge in [0.15, 0.2) is 0 Å². The Labute approximate surface area is 146 Å². The van der Waals surface area contributed by atoms with E-state index < -0.39 is 7.51 Å². The molecule has 130 valence electrons. The zero-order valence-corrected chi connectivity index (χ0v) is 16.4. The number of rotatable bonds is 6. The Bertz CT molecular complexity index is 646. The van der Waals surface area contributed by atoms with Gasteiger partial charge in [0.1, 0.15) is 11.5 Å². The molecule has 0 spiro atoms. The number of benzene rings is 2. The molecule has 2 aromatic carbocycles. The first kappa shape index (κ1) is 18.6. The van der Waals surface area contributed by atoms with Gasteiger partial charge in [0.2, 0.25) is 0 Å². The Hall–Kier alpha value is -1.73. The average molecular weight is 345 g/mol. The van der Waals surface area contributed by atoms with Crippen molar-refractivity contribution in [2.75, 3.05) is 13.7 Å².